The van der Waals surface area contributed by atoms with Gasteiger partial charge in [0, 0.05) is 24.9 Å². The summed E-state index contributed by atoms with van der Waals surface area (Å²) in [6.45, 7) is 1.37. The minimum Gasteiger partial charge on any atom is -0.454 e. The Morgan fingerprint density at radius 1 is 1.20 bits per heavy atom. The lowest BCUT2D eigenvalue weighted by atomic mass is 10.2. The molecule has 1 amide bonds. The molecule has 1 aliphatic heterocycles. The number of carbonyl (C=O) groups excluding carboxylic acids is 1. The van der Waals surface area contributed by atoms with Crippen LogP contribution < -0.4 is 20.5 Å². The van der Waals surface area contributed by atoms with Gasteiger partial charge in [-0.25, -0.2) is 0 Å². The molecule has 1 aromatic carbocycles. The third-order valence-corrected chi connectivity index (χ3v) is 3.87. The fourth-order valence-electron chi connectivity index (χ4n) is 2.51. The molecule has 0 fully saturated rings. The van der Waals surface area contributed by atoms with Gasteiger partial charge in [0.05, 0.1) is 0 Å². The first-order valence-corrected chi connectivity index (χ1v) is 8.45. The fourth-order valence-corrected chi connectivity index (χ4v) is 2.51. The average Bonchev–Trinajstić information content (AvgIpc) is 3.27. The third-order valence-electron chi connectivity index (χ3n) is 3.87. The quantitative estimate of drug-likeness (QED) is 0.664. The van der Waals surface area contributed by atoms with Crippen LogP contribution in [-0.2, 0) is 11.2 Å². The molecule has 0 aliphatic carbocycles. The van der Waals surface area contributed by atoms with Crippen LogP contribution in [-0.4, -0.2) is 35.9 Å². The van der Waals surface area contributed by atoms with Crippen molar-refractivity contribution >= 4 is 5.91 Å². The molecule has 0 bridgehead atoms. The highest BCUT2D eigenvalue weighted by atomic mass is 16.7. The van der Waals surface area contributed by atoms with Gasteiger partial charge in [0.1, 0.15) is 0 Å². The zero-order valence-corrected chi connectivity index (χ0v) is 14.0. The highest BCUT2D eigenvalue weighted by Crippen LogP contribution is 2.35. The average molecular weight is 346 g/mol. The molecule has 0 unspecified atom stereocenters. The largest absolute Gasteiger partial charge is 0.454 e. The standard InChI is InChI=1S/C17H22N4O4/c18-8-3-1-2-4-15(22)19-9-7-16-20-17(21-25-16)12-5-6-13-14(10-12)24-11-23-13/h5-6,10H,1-4,7-9,11,18H2,(H,19,22). The summed E-state index contributed by atoms with van der Waals surface area (Å²) < 4.78 is 15.9. The topological polar surface area (TPSA) is 113 Å². The smallest absolute Gasteiger partial charge is 0.231 e. The van der Waals surface area contributed by atoms with E-state index in [0.29, 0.717) is 49.1 Å². The molecule has 25 heavy (non-hydrogen) atoms. The number of amides is 1. The van der Waals surface area contributed by atoms with Crippen LogP contribution in [0.3, 0.4) is 0 Å². The number of benzene rings is 1. The van der Waals surface area contributed by atoms with Crippen LogP contribution in [0.4, 0.5) is 0 Å². The third kappa shape index (κ3) is 4.69. The Kier molecular flexibility index (Phi) is 5.84. The Morgan fingerprint density at radius 3 is 2.96 bits per heavy atom. The minimum atomic E-state index is 0.0348. The van der Waals surface area contributed by atoms with Crippen molar-refractivity contribution in [1.82, 2.24) is 15.5 Å². The van der Waals surface area contributed by atoms with E-state index in [9.17, 15) is 4.79 Å². The number of hydrogen-bond donors (Lipinski definition) is 2. The van der Waals surface area contributed by atoms with Crippen molar-refractivity contribution in [2.45, 2.75) is 32.1 Å². The van der Waals surface area contributed by atoms with Crippen LogP contribution in [0.5, 0.6) is 11.5 Å². The maximum Gasteiger partial charge on any atom is 0.231 e. The van der Waals surface area contributed by atoms with Crippen molar-refractivity contribution in [3.05, 3.63) is 24.1 Å². The zero-order chi connectivity index (χ0) is 17.5. The number of fused-ring (bicyclic) bond motifs is 1. The summed E-state index contributed by atoms with van der Waals surface area (Å²) in [4.78, 5) is 16.0. The molecule has 1 aliphatic rings. The van der Waals surface area contributed by atoms with Crippen LogP contribution in [0.2, 0.25) is 0 Å². The van der Waals surface area contributed by atoms with E-state index in [-0.39, 0.29) is 12.7 Å². The number of aromatic nitrogens is 2. The molecule has 0 atom stereocenters. The van der Waals surface area contributed by atoms with Crippen LogP contribution >= 0.6 is 0 Å². The highest BCUT2D eigenvalue weighted by molar-refractivity contribution is 5.75. The maximum atomic E-state index is 11.7. The normalized spacial score (nSPS) is 12.4. The monoisotopic (exact) mass is 346 g/mol. The van der Waals surface area contributed by atoms with Crippen LogP contribution in [0.25, 0.3) is 11.4 Å². The number of carbonyl (C=O) groups is 1. The molecule has 8 heteroatoms. The molecule has 134 valence electrons. The van der Waals surface area contributed by atoms with Crippen LogP contribution in [0.15, 0.2) is 22.7 Å². The van der Waals surface area contributed by atoms with E-state index in [1.807, 2.05) is 18.2 Å². The van der Waals surface area contributed by atoms with Crippen molar-refractivity contribution < 1.29 is 18.8 Å². The van der Waals surface area contributed by atoms with E-state index < -0.39 is 0 Å². The summed E-state index contributed by atoms with van der Waals surface area (Å²) in [6.07, 6.45) is 3.81. The Hall–Kier alpha value is -2.61. The van der Waals surface area contributed by atoms with Gasteiger partial charge in [-0.1, -0.05) is 11.6 Å². The number of nitrogens with zero attached hydrogens (tertiary/aromatic N) is 2. The molecule has 2 aromatic rings. The summed E-state index contributed by atoms with van der Waals surface area (Å²) in [5, 5.41) is 6.83. The van der Waals surface area contributed by atoms with Gasteiger partial charge in [-0.15, -0.1) is 0 Å². The second kappa shape index (κ2) is 8.48. The number of rotatable bonds is 9. The summed E-state index contributed by atoms with van der Waals surface area (Å²) in [7, 11) is 0. The lowest BCUT2D eigenvalue weighted by Crippen LogP contribution is -2.25. The molecule has 0 saturated carbocycles. The molecule has 2 heterocycles. The molecular formula is C17H22N4O4. The van der Waals surface area contributed by atoms with Crippen molar-refractivity contribution in [1.29, 1.82) is 0 Å². The van der Waals surface area contributed by atoms with Gasteiger partial charge in [0.2, 0.25) is 24.4 Å². The van der Waals surface area contributed by atoms with Gasteiger partial charge in [0.15, 0.2) is 11.5 Å². The summed E-state index contributed by atoms with van der Waals surface area (Å²) in [5.41, 5.74) is 6.22. The van der Waals surface area contributed by atoms with Gasteiger partial charge < -0.3 is 25.0 Å². The van der Waals surface area contributed by atoms with E-state index in [0.717, 1.165) is 24.8 Å². The first-order valence-electron chi connectivity index (χ1n) is 8.45. The molecule has 1 aromatic heterocycles. The maximum absolute atomic E-state index is 11.7. The van der Waals surface area contributed by atoms with Crippen molar-refractivity contribution in [3.8, 4) is 22.9 Å². The van der Waals surface area contributed by atoms with Gasteiger partial charge in [-0.05, 0) is 37.6 Å². The van der Waals surface area contributed by atoms with Gasteiger partial charge >= 0.3 is 0 Å². The summed E-state index contributed by atoms with van der Waals surface area (Å²) in [6, 6.07) is 5.49. The Morgan fingerprint density at radius 2 is 2.08 bits per heavy atom. The number of nitrogens with one attached hydrogen (secondary N) is 1. The van der Waals surface area contributed by atoms with E-state index in [4.69, 9.17) is 19.7 Å². The van der Waals surface area contributed by atoms with E-state index in [1.165, 1.54) is 0 Å². The summed E-state index contributed by atoms with van der Waals surface area (Å²) in [5.74, 6) is 2.39. The Labute approximate surface area is 145 Å². The molecule has 0 radical (unpaired) electrons. The molecular weight excluding hydrogens is 324 g/mol. The molecule has 8 nitrogen and oxygen atoms in total. The van der Waals surface area contributed by atoms with E-state index >= 15 is 0 Å². The Bertz CT molecular complexity index is 716. The van der Waals surface area contributed by atoms with Crippen LogP contribution in [0, 0.1) is 0 Å². The highest BCUT2D eigenvalue weighted by Gasteiger charge is 2.16. The van der Waals surface area contributed by atoms with Crippen molar-refractivity contribution in [2.75, 3.05) is 19.9 Å². The predicted octanol–water partition coefficient (Wildman–Crippen LogP) is 1.64. The van der Waals surface area contributed by atoms with Crippen molar-refractivity contribution in [2.24, 2.45) is 5.73 Å². The molecule has 3 N–H and O–H groups in total. The Balaban J connectivity index is 1.45. The SMILES string of the molecule is NCCCCCC(=O)NCCc1nc(-c2ccc3c(c2)OCO3)no1. The number of nitrogens with two attached hydrogens (primary N) is 1. The molecule has 3 rings (SSSR count). The van der Waals surface area contributed by atoms with Crippen LogP contribution in [0.1, 0.15) is 31.6 Å². The lowest BCUT2D eigenvalue weighted by Gasteiger charge is -2.02. The lowest BCUT2D eigenvalue weighted by molar-refractivity contribution is -0.121. The predicted molar refractivity (Wildman–Crippen MR) is 90.1 cm³/mol. The zero-order valence-electron chi connectivity index (χ0n) is 14.0. The second-order valence-corrected chi connectivity index (χ2v) is 5.78. The van der Waals surface area contributed by atoms with E-state index in [2.05, 4.69) is 15.5 Å². The van der Waals surface area contributed by atoms with Gasteiger partial charge in [-0.3, -0.25) is 4.79 Å². The first-order chi connectivity index (χ1) is 12.3. The molecule has 0 saturated heterocycles. The number of unbranched alkanes of at least 4 members (excludes halogenated alkanes) is 2. The van der Waals surface area contributed by atoms with Gasteiger partial charge in [0.25, 0.3) is 0 Å². The second-order valence-electron chi connectivity index (χ2n) is 5.78. The van der Waals surface area contributed by atoms with E-state index in [1.54, 1.807) is 0 Å². The number of ether oxygens (including phenoxy) is 2. The fraction of sp³-hybridized carbons (Fsp3) is 0.471. The number of hydrogen-bond acceptors (Lipinski definition) is 7. The van der Waals surface area contributed by atoms with Crippen molar-refractivity contribution in [3.63, 3.8) is 0 Å². The minimum absolute atomic E-state index is 0.0348. The summed E-state index contributed by atoms with van der Waals surface area (Å²) >= 11 is 0. The van der Waals surface area contributed by atoms with Gasteiger partial charge in [-0.2, -0.15) is 4.98 Å². The first kappa shape index (κ1) is 17.2. The molecule has 0 spiro atoms.